The molecular formula is C14H19ClN2O. The summed E-state index contributed by atoms with van der Waals surface area (Å²) in [5.74, 6) is 1.09. The van der Waals surface area contributed by atoms with Gasteiger partial charge in [-0.3, -0.25) is 4.79 Å². The minimum Gasteiger partial charge on any atom is -0.338 e. The van der Waals surface area contributed by atoms with Gasteiger partial charge < -0.3 is 10.6 Å². The molecule has 1 aromatic carbocycles. The van der Waals surface area contributed by atoms with Crippen LogP contribution in [0.25, 0.3) is 0 Å². The number of amides is 1. The second-order valence-electron chi connectivity index (χ2n) is 5.02. The summed E-state index contributed by atoms with van der Waals surface area (Å²) in [6.45, 7) is 4.44. The van der Waals surface area contributed by atoms with Gasteiger partial charge in [-0.05, 0) is 49.1 Å². The van der Waals surface area contributed by atoms with Crippen molar-refractivity contribution in [3.8, 4) is 0 Å². The Bertz CT molecular complexity index is 418. The van der Waals surface area contributed by atoms with Crippen LogP contribution < -0.4 is 5.73 Å². The van der Waals surface area contributed by atoms with Crippen LogP contribution in [0.2, 0.25) is 5.02 Å². The van der Waals surface area contributed by atoms with Crippen LogP contribution in [-0.4, -0.2) is 30.4 Å². The molecule has 2 N–H and O–H groups in total. The van der Waals surface area contributed by atoms with Gasteiger partial charge in [0, 0.05) is 23.7 Å². The second-order valence-corrected chi connectivity index (χ2v) is 5.46. The molecule has 4 heteroatoms. The van der Waals surface area contributed by atoms with E-state index >= 15 is 0 Å². The van der Waals surface area contributed by atoms with E-state index in [2.05, 4.69) is 6.92 Å². The molecule has 98 valence electrons. The highest BCUT2D eigenvalue weighted by atomic mass is 35.5. The molecule has 1 aliphatic heterocycles. The molecule has 1 aliphatic rings. The summed E-state index contributed by atoms with van der Waals surface area (Å²) in [5, 5.41) is 0.652. The minimum atomic E-state index is 0.0806. The van der Waals surface area contributed by atoms with Crippen molar-refractivity contribution in [2.75, 3.05) is 19.6 Å². The third-order valence-electron chi connectivity index (χ3n) is 3.80. The molecule has 1 fully saturated rings. The first-order valence-electron chi connectivity index (χ1n) is 6.36. The molecule has 0 saturated carbocycles. The number of rotatable bonds is 2. The van der Waals surface area contributed by atoms with Crippen LogP contribution >= 0.6 is 11.6 Å². The van der Waals surface area contributed by atoms with Crippen molar-refractivity contribution in [1.82, 2.24) is 4.90 Å². The highest BCUT2D eigenvalue weighted by molar-refractivity contribution is 6.30. The number of benzene rings is 1. The molecule has 18 heavy (non-hydrogen) atoms. The zero-order valence-corrected chi connectivity index (χ0v) is 11.4. The summed E-state index contributed by atoms with van der Waals surface area (Å²) in [6, 6.07) is 7.06. The number of carbonyl (C=O) groups excluding carboxylic acids is 1. The Morgan fingerprint density at radius 1 is 1.44 bits per heavy atom. The first kappa shape index (κ1) is 13.4. The number of hydrogen-bond donors (Lipinski definition) is 1. The molecule has 1 aromatic rings. The molecule has 1 saturated heterocycles. The van der Waals surface area contributed by atoms with E-state index in [4.69, 9.17) is 17.3 Å². The average molecular weight is 267 g/mol. The molecule has 2 unspecified atom stereocenters. The highest BCUT2D eigenvalue weighted by Gasteiger charge is 2.28. The number of hydrogen-bond acceptors (Lipinski definition) is 2. The number of likely N-dealkylation sites (tertiary alicyclic amines) is 1. The topological polar surface area (TPSA) is 46.3 Å². The average Bonchev–Trinajstić information content (AvgIpc) is 2.39. The van der Waals surface area contributed by atoms with E-state index in [1.54, 1.807) is 24.3 Å². The number of carbonyl (C=O) groups is 1. The molecule has 1 amide bonds. The van der Waals surface area contributed by atoms with Gasteiger partial charge in [-0.1, -0.05) is 18.5 Å². The van der Waals surface area contributed by atoms with Crippen LogP contribution in [0.5, 0.6) is 0 Å². The van der Waals surface area contributed by atoms with Gasteiger partial charge in [0.15, 0.2) is 0 Å². The van der Waals surface area contributed by atoms with Gasteiger partial charge >= 0.3 is 0 Å². The molecule has 0 spiro atoms. The predicted octanol–water partition coefficient (Wildman–Crippen LogP) is 2.40. The standard InChI is InChI=1S/C14H19ClN2O/c1-10-6-7-17(9-12(10)8-16)14(18)11-2-4-13(15)5-3-11/h2-5,10,12H,6-9,16H2,1H3. The molecular weight excluding hydrogens is 248 g/mol. The maximum absolute atomic E-state index is 12.3. The van der Waals surface area contributed by atoms with Gasteiger partial charge in [0.2, 0.25) is 0 Å². The lowest BCUT2D eigenvalue weighted by atomic mass is 9.87. The summed E-state index contributed by atoms with van der Waals surface area (Å²) in [7, 11) is 0. The first-order valence-corrected chi connectivity index (χ1v) is 6.74. The zero-order chi connectivity index (χ0) is 13.1. The Hall–Kier alpha value is -1.06. The fraction of sp³-hybridized carbons (Fsp3) is 0.500. The number of piperidine rings is 1. The van der Waals surface area contributed by atoms with Gasteiger partial charge in [-0.2, -0.15) is 0 Å². The van der Waals surface area contributed by atoms with Crippen LogP contribution in [0.3, 0.4) is 0 Å². The molecule has 0 aliphatic carbocycles. The van der Waals surface area contributed by atoms with Gasteiger partial charge in [0.1, 0.15) is 0 Å². The third kappa shape index (κ3) is 2.85. The quantitative estimate of drug-likeness (QED) is 0.894. The van der Waals surface area contributed by atoms with E-state index in [1.165, 1.54) is 0 Å². The third-order valence-corrected chi connectivity index (χ3v) is 4.05. The Kier molecular flexibility index (Phi) is 4.25. The zero-order valence-electron chi connectivity index (χ0n) is 10.6. The van der Waals surface area contributed by atoms with E-state index < -0.39 is 0 Å². The van der Waals surface area contributed by atoms with E-state index in [-0.39, 0.29) is 5.91 Å². The predicted molar refractivity (Wildman–Crippen MR) is 73.7 cm³/mol. The van der Waals surface area contributed by atoms with E-state index in [0.29, 0.717) is 29.0 Å². The molecule has 3 nitrogen and oxygen atoms in total. The van der Waals surface area contributed by atoms with Gasteiger partial charge in [-0.25, -0.2) is 0 Å². The molecule has 1 heterocycles. The van der Waals surface area contributed by atoms with E-state index in [1.807, 2.05) is 4.90 Å². The molecule has 0 radical (unpaired) electrons. The minimum absolute atomic E-state index is 0.0806. The van der Waals surface area contributed by atoms with Crippen molar-refractivity contribution < 1.29 is 4.79 Å². The van der Waals surface area contributed by atoms with Crippen LogP contribution in [0, 0.1) is 11.8 Å². The molecule has 0 bridgehead atoms. The number of nitrogens with two attached hydrogens (primary N) is 1. The largest absolute Gasteiger partial charge is 0.338 e. The highest BCUT2D eigenvalue weighted by Crippen LogP contribution is 2.23. The Morgan fingerprint density at radius 3 is 2.72 bits per heavy atom. The van der Waals surface area contributed by atoms with Crippen LogP contribution in [0.4, 0.5) is 0 Å². The lowest BCUT2D eigenvalue weighted by Gasteiger charge is -2.36. The van der Waals surface area contributed by atoms with Crippen molar-refractivity contribution in [3.63, 3.8) is 0 Å². The monoisotopic (exact) mass is 266 g/mol. The Labute approximate surface area is 113 Å². The maximum atomic E-state index is 12.3. The lowest BCUT2D eigenvalue weighted by molar-refractivity contribution is 0.0618. The fourth-order valence-corrected chi connectivity index (χ4v) is 2.54. The van der Waals surface area contributed by atoms with Gasteiger partial charge in [-0.15, -0.1) is 0 Å². The second kappa shape index (κ2) is 5.72. The van der Waals surface area contributed by atoms with Crippen molar-refractivity contribution in [3.05, 3.63) is 34.9 Å². The number of halogens is 1. The summed E-state index contributed by atoms with van der Waals surface area (Å²) in [6.07, 6.45) is 1.03. The maximum Gasteiger partial charge on any atom is 0.253 e. The van der Waals surface area contributed by atoms with Crippen molar-refractivity contribution >= 4 is 17.5 Å². The number of nitrogens with zero attached hydrogens (tertiary/aromatic N) is 1. The summed E-state index contributed by atoms with van der Waals surface area (Å²) in [4.78, 5) is 14.2. The Balaban J connectivity index is 2.07. The summed E-state index contributed by atoms with van der Waals surface area (Å²) in [5.41, 5.74) is 6.46. The normalized spacial score (nSPS) is 24.1. The van der Waals surface area contributed by atoms with E-state index in [0.717, 1.165) is 19.5 Å². The van der Waals surface area contributed by atoms with Crippen LogP contribution in [0.1, 0.15) is 23.7 Å². The van der Waals surface area contributed by atoms with Crippen LogP contribution in [-0.2, 0) is 0 Å². The smallest absolute Gasteiger partial charge is 0.253 e. The molecule has 2 atom stereocenters. The lowest BCUT2D eigenvalue weighted by Crippen LogP contribution is -2.45. The van der Waals surface area contributed by atoms with Gasteiger partial charge in [0.25, 0.3) is 5.91 Å². The van der Waals surface area contributed by atoms with Crippen molar-refractivity contribution in [1.29, 1.82) is 0 Å². The van der Waals surface area contributed by atoms with E-state index in [9.17, 15) is 4.79 Å². The van der Waals surface area contributed by atoms with Gasteiger partial charge in [0.05, 0.1) is 0 Å². The Morgan fingerprint density at radius 2 is 2.11 bits per heavy atom. The fourth-order valence-electron chi connectivity index (χ4n) is 2.42. The van der Waals surface area contributed by atoms with Crippen molar-refractivity contribution in [2.24, 2.45) is 17.6 Å². The SMILES string of the molecule is CC1CCN(C(=O)c2ccc(Cl)cc2)CC1CN. The summed E-state index contributed by atoms with van der Waals surface area (Å²) >= 11 is 5.83. The van der Waals surface area contributed by atoms with Crippen molar-refractivity contribution in [2.45, 2.75) is 13.3 Å². The summed E-state index contributed by atoms with van der Waals surface area (Å²) < 4.78 is 0. The molecule has 0 aromatic heterocycles. The van der Waals surface area contributed by atoms with Crippen LogP contribution in [0.15, 0.2) is 24.3 Å². The first-order chi connectivity index (χ1) is 8.61. The molecule has 2 rings (SSSR count).